The standard InChI is InChI=1S/C24H22ClFN4O.C2H5NO/c1-27-10-16-4-2-15(3-5-16)6-17-7-19(12-28-11-17)24(31)30-13-18-8-20-21(25)14-29-23(20)9-22(18)26;3-1-2-4/h2-5,7-9,11-12,14,27,29H,6,10,13H2,1H3,(H,30,31);2H,1,3H2. The molecule has 0 radical (unpaired) electrons. The van der Waals surface area contributed by atoms with Crippen molar-refractivity contribution in [1.29, 1.82) is 0 Å². The van der Waals surface area contributed by atoms with Crippen molar-refractivity contribution in [3.63, 3.8) is 0 Å². The molecule has 0 spiro atoms. The van der Waals surface area contributed by atoms with Crippen molar-refractivity contribution in [2.75, 3.05) is 13.6 Å². The Balaban J connectivity index is 0.000000795. The van der Waals surface area contributed by atoms with Crippen LogP contribution in [0.15, 0.2) is 61.1 Å². The Labute approximate surface area is 207 Å². The number of pyridine rings is 1. The summed E-state index contributed by atoms with van der Waals surface area (Å²) in [5.41, 5.74) is 9.36. The summed E-state index contributed by atoms with van der Waals surface area (Å²) in [6.45, 7) is 1.01. The molecule has 2 aromatic carbocycles. The Kier molecular flexibility index (Phi) is 9.48. The molecule has 0 saturated carbocycles. The van der Waals surface area contributed by atoms with Gasteiger partial charge in [-0.2, -0.15) is 0 Å². The van der Waals surface area contributed by atoms with Crippen molar-refractivity contribution in [2.24, 2.45) is 5.73 Å². The van der Waals surface area contributed by atoms with Crippen LogP contribution in [0.1, 0.15) is 32.6 Å². The van der Waals surface area contributed by atoms with E-state index in [0.29, 0.717) is 34.4 Å². The van der Waals surface area contributed by atoms with E-state index >= 15 is 0 Å². The van der Waals surface area contributed by atoms with E-state index in [-0.39, 0.29) is 19.0 Å². The van der Waals surface area contributed by atoms with E-state index in [1.54, 1.807) is 18.5 Å². The SMILES string of the molecule is CNCc1ccc(Cc2cncc(C(=O)NCc3cc4c(Cl)c[nH]c4cc3F)c2)cc1.NCC=O. The highest BCUT2D eigenvalue weighted by Crippen LogP contribution is 2.25. The van der Waals surface area contributed by atoms with Crippen LogP contribution in [0, 0.1) is 5.82 Å². The molecule has 0 aliphatic carbocycles. The summed E-state index contributed by atoms with van der Waals surface area (Å²) in [5, 5.41) is 7.12. The quantitative estimate of drug-likeness (QED) is 0.278. The lowest BCUT2D eigenvalue weighted by atomic mass is 10.0. The third kappa shape index (κ3) is 7.19. The number of nitrogens with one attached hydrogen (secondary N) is 3. The van der Waals surface area contributed by atoms with Crippen LogP contribution in [0.4, 0.5) is 4.39 Å². The van der Waals surface area contributed by atoms with E-state index in [0.717, 1.165) is 23.1 Å². The number of fused-ring (bicyclic) bond motifs is 1. The number of aromatic nitrogens is 2. The van der Waals surface area contributed by atoms with E-state index in [4.69, 9.17) is 16.4 Å². The molecule has 0 aliphatic heterocycles. The highest BCUT2D eigenvalue weighted by atomic mass is 35.5. The van der Waals surface area contributed by atoms with Crippen molar-refractivity contribution < 1.29 is 14.0 Å². The molecular weight excluding hydrogens is 469 g/mol. The molecule has 5 N–H and O–H groups in total. The summed E-state index contributed by atoms with van der Waals surface area (Å²) in [4.78, 5) is 28.8. The minimum absolute atomic E-state index is 0.0548. The first kappa shape index (κ1) is 26.0. The number of hydrogen-bond acceptors (Lipinski definition) is 5. The Hall–Kier alpha value is -3.59. The van der Waals surface area contributed by atoms with E-state index in [2.05, 4.69) is 50.6 Å². The molecule has 7 nitrogen and oxygen atoms in total. The molecule has 4 aromatic rings. The van der Waals surface area contributed by atoms with Gasteiger partial charge in [0.05, 0.1) is 10.6 Å². The minimum atomic E-state index is -0.403. The lowest BCUT2D eigenvalue weighted by molar-refractivity contribution is -0.106. The van der Waals surface area contributed by atoms with Gasteiger partial charge in [0.15, 0.2) is 0 Å². The first-order chi connectivity index (χ1) is 16.9. The maximum Gasteiger partial charge on any atom is 0.253 e. The largest absolute Gasteiger partial charge is 0.360 e. The molecule has 9 heteroatoms. The molecule has 0 unspecified atom stereocenters. The average molecular weight is 496 g/mol. The molecule has 0 fully saturated rings. The fourth-order valence-corrected chi connectivity index (χ4v) is 3.70. The Morgan fingerprint density at radius 2 is 1.83 bits per heavy atom. The molecule has 0 atom stereocenters. The molecule has 35 heavy (non-hydrogen) atoms. The van der Waals surface area contributed by atoms with Crippen LogP contribution in [-0.4, -0.2) is 35.8 Å². The van der Waals surface area contributed by atoms with Gasteiger partial charge >= 0.3 is 0 Å². The summed E-state index contributed by atoms with van der Waals surface area (Å²) in [7, 11) is 1.91. The zero-order valence-electron chi connectivity index (χ0n) is 19.3. The van der Waals surface area contributed by atoms with Crippen LogP contribution in [0.2, 0.25) is 5.02 Å². The molecule has 2 heterocycles. The van der Waals surface area contributed by atoms with Gasteiger partial charge in [0, 0.05) is 54.7 Å². The fraction of sp³-hybridized carbons (Fsp3) is 0.192. The van der Waals surface area contributed by atoms with Gasteiger partial charge in [-0.3, -0.25) is 9.78 Å². The summed E-state index contributed by atoms with van der Waals surface area (Å²) in [5.74, 6) is -0.710. The third-order valence-electron chi connectivity index (χ3n) is 5.20. The predicted molar refractivity (Wildman–Crippen MR) is 136 cm³/mol. The lowest BCUT2D eigenvalue weighted by Crippen LogP contribution is -2.23. The van der Waals surface area contributed by atoms with E-state index in [9.17, 15) is 9.18 Å². The van der Waals surface area contributed by atoms with Gasteiger partial charge in [-0.25, -0.2) is 4.39 Å². The second kappa shape index (κ2) is 12.8. The van der Waals surface area contributed by atoms with Gasteiger partial charge in [-0.1, -0.05) is 35.9 Å². The van der Waals surface area contributed by atoms with Gasteiger partial charge < -0.3 is 26.1 Å². The van der Waals surface area contributed by atoms with Crippen LogP contribution in [0.25, 0.3) is 10.9 Å². The van der Waals surface area contributed by atoms with Crippen molar-refractivity contribution in [2.45, 2.75) is 19.5 Å². The highest BCUT2D eigenvalue weighted by molar-refractivity contribution is 6.35. The number of nitrogens with zero attached hydrogens (tertiary/aromatic N) is 1. The number of aromatic amines is 1. The second-order valence-corrected chi connectivity index (χ2v) is 8.22. The summed E-state index contributed by atoms with van der Waals surface area (Å²) in [6.07, 6.45) is 6.20. The average Bonchev–Trinajstić information content (AvgIpc) is 3.23. The topological polar surface area (TPSA) is 113 Å². The van der Waals surface area contributed by atoms with Crippen molar-refractivity contribution >= 4 is 34.7 Å². The first-order valence-corrected chi connectivity index (χ1v) is 11.4. The van der Waals surface area contributed by atoms with Crippen molar-refractivity contribution in [3.05, 3.63) is 99.7 Å². The van der Waals surface area contributed by atoms with E-state index < -0.39 is 5.82 Å². The summed E-state index contributed by atoms with van der Waals surface area (Å²) < 4.78 is 14.3. The monoisotopic (exact) mass is 495 g/mol. The van der Waals surface area contributed by atoms with Crippen LogP contribution in [-0.2, 0) is 24.3 Å². The molecule has 0 bridgehead atoms. The lowest BCUT2D eigenvalue weighted by Gasteiger charge is -2.09. The van der Waals surface area contributed by atoms with Gasteiger partial charge in [0.2, 0.25) is 0 Å². The third-order valence-corrected chi connectivity index (χ3v) is 5.52. The molecular formula is C26H27ClFN5O2. The van der Waals surface area contributed by atoms with E-state index in [1.807, 2.05) is 13.1 Å². The number of hydrogen-bond donors (Lipinski definition) is 4. The first-order valence-electron chi connectivity index (χ1n) is 11.0. The predicted octanol–water partition coefficient (Wildman–Crippen LogP) is 3.74. The molecule has 4 rings (SSSR count). The van der Waals surface area contributed by atoms with Crippen LogP contribution < -0.4 is 16.4 Å². The van der Waals surface area contributed by atoms with E-state index in [1.165, 1.54) is 17.8 Å². The van der Waals surface area contributed by atoms with Gasteiger partial charge in [-0.15, -0.1) is 0 Å². The Bertz CT molecular complexity index is 1290. The molecule has 182 valence electrons. The maximum atomic E-state index is 14.3. The number of halogens is 2. The number of H-pyrrole nitrogens is 1. The number of amides is 1. The molecule has 0 saturated heterocycles. The second-order valence-electron chi connectivity index (χ2n) is 7.82. The Morgan fingerprint density at radius 1 is 1.11 bits per heavy atom. The van der Waals surface area contributed by atoms with Crippen LogP contribution in [0.5, 0.6) is 0 Å². The molecule has 2 aromatic heterocycles. The van der Waals surface area contributed by atoms with Gasteiger partial charge in [-0.05, 0) is 48.4 Å². The zero-order chi connectivity index (χ0) is 25.2. The van der Waals surface area contributed by atoms with Crippen molar-refractivity contribution in [3.8, 4) is 0 Å². The normalized spacial score (nSPS) is 10.5. The molecule has 0 aliphatic rings. The van der Waals surface area contributed by atoms with Gasteiger partial charge in [0.25, 0.3) is 5.91 Å². The number of benzene rings is 2. The zero-order valence-corrected chi connectivity index (χ0v) is 20.0. The van der Waals surface area contributed by atoms with Gasteiger partial charge in [0.1, 0.15) is 12.1 Å². The Morgan fingerprint density at radius 3 is 2.51 bits per heavy atom. The smallest absolute Gasteiger partial charge is 0.253 e. The summed E-state index contributed by atoms with van der Waals surface area (Å²) >= 11 is 6.11. The fourth-order valence-electron chi connectivity index (χ4n) is 3.49. The van der Waals surface area contributed by atoms with Crippen molar-refractivity contribution in [1.82, 2.24) is 20.6 Å². The molecule has 1 amide bonds. The minimum Gasteiger partial charge on any atom is -0.360 e. The van der Waals surface area contributed by atoms with Crippen LogP contribution >= 0.6 is 11.6 Å². The summed E-state index contributed by atoms with van der Waals surface area (Å²) in [6, 6.07) is 13.2. The van der Waals surface area contributed by atoms with Crippen LogP contribution in [0.3, 0.4) is 0 Å². The number of aldehydes is 1. The maximum absolute atomic E-state index is 14.3. The number of carbonyl (C=O) groups excluding carboxylic acids is 2. The number of nitrogens with two attached hydrogens (primary N) is 1. The highest BCUT2D eigenvalue weighted by Gasteiger charge is 2.12. The number of carbonyl (C=O) groups is 2. The number of rotatable bonds is 8.